The molecule has 6 nitrogen and oxygen atoms in total. The van der Waals surface area contributed by atoms with Crippen LogP contribution in [-0.2, 0) is 10.3 Å². The van der Waals surface area contributed by atoms with Crippen LogP contribution in [0.15, 0.2) is 65.1 Å². The molecule has 0 radical (unpaired) electrons. The molecule has 0 aliphatic heterocycles. The van der Waals surface area contributed by atoms with Gasteiger partial charge in [0.25, 0.3) is 0 Å². The molecule has 0 spiro atoms. The van der Waals surface area contributed by atoms with Crippen molar-refractivity contribution in [3.05, 3.63) is 72.1 Å². The molecule has 0 fully saturated rings. The number of rotatable bonds is 3. The van der Waals surface area contributed by atoms with E-state index in [0.29, 0.717) is 11.8 Å². The number of halogens is 3. The van der Waals surface area contributed by atoms with Gasteiger partial charge in [-0.1, -0.05) is 48.5 Å². The van der Waals surface area contributed by atoms with Gasteiger partial charge in [0.05, 0.1) is 0 Å². The Kier molecular flexibility index (Phi) is 5.96. The summed E-state index contributed by atoms with van der Waals surface area (Å²) in [5.74, 6) is -1.87. The van der Waals surface area contributed by atoms with E-state index in [4.69, 9.17) is 20.1 Å². The molecule has 3 rings (SSSR count). The Bertz CT molecular complexity index is 879. The third-order valence-electron chi connectivity index (χ3n) is 3.51. The fourth-order valence-corrected chi connectivity index (χ4v) is 2.04. The van der Waals surface area contributed by atoms with Gasteiger partial charge < -0.3 is 15.3 Å². The highest BCUT2D eigenvalue weighted by Gasteiger charge is 2.38. The highest BCUT2D eigenvalue weighted by molar-refractivity contribution is 5.73. The van der Waals surface area contributed by atoms with Gasteiger partial charge in [0.15, 0.2) is 0 Å². The van der Waals surface area contributed by atoms with E-state index in [2.05, 4.69) is 10.2 Å². The lowest BCUT2D eigenvalue weighted by atomic mass is 9.93. The minimum Gasteiger partial charge on any atom is -0.475 e. The van der Waals surface area contributed by atoms with Crippen molar-refractivity contribution in [2.24, 2.45) is 5.73 Å². The van der Waals surface area contributed by atoms with E-state index in [1.54, 1.807) is 0 Å². The normalized spacial score (nSPS) is 13.2. The van der Waals surface area contributed by atoms with Crippen molar-refractivity contribution >= 4 is 5.97 Å². The molecule has 27 heavy (non-hydrogen) atoms. The lowest BCUT2D eigenvalue weighted by molar-refractivity contribution is -0.192. The second-order valence-corrected chi connectivity index (χ2v) is 5.65. The van der Waals surface area contributed by atoms with Gasteiger partial charge in [0, 0.05) is 5.56 Å². The second kappa shape index (κ2) is 8.00. The summed E-state index contributed by atoms with van der Waals surface area (Å²) in [4.78, 5) is 8.90. The average Bonchev–Trinajstić information content (AvgIpc) is 3.14. The molecule has 3 N–H and O–H groups in total. The summed E-state index contributed by atoms with van der Waals surface area (Å²) in [6.07, 6.45) is -5.08. The highest BCUT2D eigenvalue weighted by Crippen LogP contribution is 2.27. The fourth-order valence-electron chi connectivity index (χ4n) is 2.04. The molecule has 142 valence electrons. The Morgan fingerprint density at radius 3 is 1.96 bits per heavy atom. The van der Waals surface area contributed by atoms with E-state index in [1.807, 2.05) is 67.6 Å². The molecule has 0 amide bonds. The van der Waals surface area contributed by atoms with E-state index in [0.717, 1.165) is 11.1 Å². The van der Waals surface area contributed by atoms with E-state index in [1.165, 1.54) is 0 Å². The third-order valence-corrected chi connectivity index (χ3v) is 3.51. The van der Waals surface area contributed by atoms with Crippen molar-refractivity contribution in [1.82, 2.24) is 10.2 Å². The minimum absolute atomic E-state index is 0.405. The molecule has 3 aromatic rings. The SMILES string of the molecule is CC(N)(c1ccccc1)c1nnc(-c2ccccc2)o1.O=C(O)C(F)(F)F. The number of aliphatic carboxylic acids is 1. The summed E-state index contributed by atoms with van der Waals surface area (Å²) in [6, 6.07) is 19.4. The highest BCUT2D eigenvalue weighted by atomic mass is 19.4. The molecule has 0 saturated heterocycles. The summed E-state index contributed by atoms with van der Waals surface area (Å²) >= 11 is 0. The van der Waals surface area contributed by atoms with Crippen molar-refractivity contribution in [3.63, 3.8) is 0 Å². The first-order chi connectivity index (χ1) is 12.6. The van der Waals surface area contributed by atoms with Gasteiger partial charge in [-0.3, -0.25) is 0 Å². The summed E-state index contributed by atoms with van der Waals surface area (Å²) in [5, 5.41) is 15.3. The summed E-state index contributed by atoms with van der Waals surface area (Å²) in [5.41, 5.74) is 7.37. The molecule has 0 bridgehead atoms. The fraction of sp³-hybridized carbons (Fsp3) is 0.167. The molecule has 9 heteroatoms. The maximum atomic E-state index is 10.6. The van der Waals surface area contributed by atoms with Crippen LogP contribution in [-0.4, -0.2) is 27.4 Å². The zero-order chi connectivity index (χ0) is 20.1. The molecule has 2 aromatic carbocycles. The number of hydrogen-bond donors (Lipinski definition) is 2. The van der Waals surface area contributed by atoms with Crippen molar-refractivity contribution in [1.29, 1.82) is 0 Å². The quantitative estimate of drug-likeness (QED) is 0.721. The van der Waals surface area contributed by atoms with Crippen LogP contribution >= 0.6 is 0 Å². The molecule has 1 aromatic heterocycles. The van der Waals surface area contributed by atoms with Gasteiger partial charge >= 0.3 is 12.1 Å². The number of aromatic nitrogens is 2. The summed E-state index contributed by atoms with van der Waals surface area (Å²) in [6.45, 7) is 1.87. The Morgan fingerprint density at radius 1 is 1.00 bits per heavy atom. The Balaban J connectivity index is 0.000000321. The van der Waals surface area contributed by atoms with Crippen LogP contribution < -0.4 is 5.73 Å². The number of nitrogens with zero attached hydrogens (tertiary/aromatic N) is 2. The first-order valence-corrected chi connectivity index (χ1v) is 7.66. The van der Waals surface area contributed by atoms with Crippen molar-refractivity contribution in [3.8, 4) is 11.5 Å². The van der Waals surface area contributed by atoms with Crippen LogP contribution in [0, 0.1) is 0 Å². The lowest BCUT2D eigenvalue weighted by Crippen LogP contribution is -2.34. The molecule has 0 saturated carbocycles. The second-order valence-electron chi connectivity index (χ2n) is 5.65. The molecule has 0 aliphatic carbocycles. The first-order valence-electron chi connectivity index (χ1n) is 7.66. The predicted octanol–water partition coefficient (Wildman–Crippen LogP) is 3.59. The Labute approximate surface area is 152 Å². The van der Waals surface area contributed by atoms with Crippen LogP contribution in [0.5, 0.6) is 0 Å². The molecular formula is C18H16F3N3O3. The van der Waals surface area contributed by atoms with E-state index < -0.39 is 17.7 Å². The van der Waals surface area contributed by atoms with Crippen LogP contribution in [0.3, 0.4) is 0 Å². The monoisotopic (exact) mass is 379 g/mol. The number of benzene rings is 2. The van der Waals surface area contributed by atoms with E-state index in [-0.39, 0.29) is 0 Å². The van der Waals surface area contributed by atoms with Gasteiger partial charge in [0.2, 0.25) is 11.8 Å². The lowest BCUT2D eigenvalue weighted by Gasteiger charge is -2.20. The van der Waals surface area contributed by atoms with Crippen molar-refractivity contribution < 1.29 is 27.5 Å². The number of carbonyl (C=O) groups is 1. The molecule has 1 heterocycles. The predicted molar refractivity (Wildman–Crippen MR) is 90.5 cm³/mol. The standard InChI is InChI=1S/C16H15N3O.C2HF3O2/c1-16(17,13-10-6-3-7-11-13)15-19-18-14(20-15)12-8-4-2-5-9-12;3-2(4,5)1(6)7/h2-11H,17H2,1H3;(H,6,7). The van der Waals surface area contributed by atoms with E-state index in [9.17, 15) is 13.2 Å². The van der Waals surface area contributed by atoms with Crippen molar-refractivity contribution in [2.45, 2.75) is 18.6 Å². The first kappa shape index (κ1) is 20.1. The molecular weight excluding hydrogens is 363 g/mol. The van der Waals surface area contributed by atoms with Crippen molar-refractivity contribution in [2.75, 3.05) is 0 Å². The largest absolute Gasteiger partial charge is 0.490 e. The number of hydrogen-bond acceptors (Lipinski definition) is 5. The third kappa shape index (κ3) is 5.14. The Morgan fingerprint density at radius 2 is 1.48 bits per heavy atom. The number of carboxylic acids is 1. The summed E-state index contributed by atoms with van der Waals surface area (Å²) in [7, 11) is 0. The zero-order valence-electron chi connectivity index (χ0n) is 14.1. The minimum atomic E-state index is -5.08. The Hall–Kier alpha value is -3.20. The van der Waals surface area contributed by atoms with Gasteiger partial charge in [-0.15, -0.1) is 10.2 Å². The topological polar surface area (TPSA) is 102 Å². The van der Waals surface area contributed by atoms with Gasteiger partial charge in [-0.2, -0.15) is 13.2 Å². The van der Waals surface area contributed by atoms with Crippen LogP contribution in [0.4, 0.5) is 13.2 Å². The van der Waals surface area contributed by atoms with Crippen LogP contribution in [0.2, 0.25) is 0 Å². The van der Waals surface area contributed by atoms with Gasteiger partial charge in [-0.05, 0) is 24.6 Å². The molecule has 0 aliphatic rings. The van der Waals surface area contributed by atoms with Gasteiger partial charge in [0.1, 0.15) is 5.54 Å². The summed E-state index contributed by atoms with van der Waals surface area (Å²) < 4.78 is 37.5. The maximum absolute atomic E-state index is 10.6. The maximum Gasteiger partial charge on any atom is 0.490 e. The van der Waals surface area contributed by atoms with Gasteiger partial charge in [-0.25, -0.2) is 4.79 Å². The zero-order valence-corrected chi connectivity index (χ0v) is 14.1. The molecule has 1 unspecified atom stereocenters. The average molecular weight is 379 g/mol. The number of alkyl halides is 3. The van der Waals surface area contributed by atoms with Crippen LogP contribution in [0.1, 0.15) is 18.4 Å². The number of carboxylic acid groups (broad SMARTS) is 1. The van der Waals surface area contributed by atoms with Crippen LogP contribution in [0.25, 0.3) is 11.5 Å². The van der Waals surface area contributed by atoms with E-state index >= 15 is 0 Å². The number of nitrogens with two attached hydrogens (primary N) is 1. The smallest absolute Gasteiger partial charge is 0.475 e. The molecule has 1 atom stereocenters.